The smallest absolute Gasteiger partial charge is 0.145 e. The number of pyridine rings is 1. The van der Waals surface area contributed by atoms with Crippen LogP contribution in [0.5, 0.6) is 0 Å². The van der Waals surface area contributed by atoms with Gasteiger partial charge in [-0.3, -0.25) is 4.57 Å². The maximum absolute atomic E-state index is 9.79. The highest BCUT2D eigenvalue weighted by Gasteiger charge is 2.19. The molecule has 0 spiro atoms. The van der Waals surface area contributed by atoms with Crippen molar-refractivity contribution in [1.29, 1.82) is 15.8 Å². The van der Waals surface area contributed by atoms with E-state index in [0.29, 0.717) is 16.7 Å². The van der Waals surface area contributed by atoms with Gasteiger partial charge in [-0.05, 0) is 107 Å². The predicted octanol–water partition coefficient (Wildman–Crippen LogP) is 10.2. The van der Waals surface area contributed by atoms with Crippen molar-refractivity contribution in [2.45, 2.75) is 0 Å². The van der Waals surface area contributed by atoms with E-state index >= 15 is 0 Å². The Bertz CT molecular complexity index is 2850. The van der Waals surface area contributed by atoms with Crippen molar-refractivity contribution in [3.8, 4) is 51.8 Å². The van der Waals surface area contributed by atoms with Gasteiger partial charge in [-0.2, -0.15) is 15.8 Å². The molecule has 3 aromatic heterocycles. The summed E-state index contributed by atoms with van der Waals surface area (Å²) >= 11 is 0. The fourth-order valence-corrected chi connectivity index (χ4v) is 7.25. The normalized spacial score (nSPS) is 11.1. The highest BCUT2D eigenvalue weighted by molar-refractivity contribution is 6.11. The third kappa shape index (κ3) is 4.44. The first-order chi connectivity index (χ1) is 24.6. The fourth-order valence-electron chi connectivity index (χ4n) is 7.25. The molecule has 6 nitrogen and oxygen atoms in total. The summed E-state index contributed by atoms with van der Waals surface area (Å²) < 4.78 is 4.42. The van der Waals surface area contributed by atoms with Crippen LogP contribution < -0.4 is 0 Å². The molecular weight excluding hydrogens is 613 g/mol. The summed E-state index contributed by atoms with van der Waals surface area (Å²) in [5.41, 5.74) is 11.2. The van der Waals surface area contributed by atoms with Crippen LogP contribution in [0.3, 0.4) is 0 Å². The first-order valence-electron chi connectivity index (χ1n) is 16.1. The van der Waals surface area contributed by atoms with Crippen LogP contribution in [-0.4, -0.2) is 14.1 Å². The van der Waals surface area contributed by atoms with Gasteiger partial charge in [0.2, 0.25) is 0 Å². The number of para-hydroxylation sites is 1. The number of benzene rings is 6. The Hall–Kier alpha value is -7.46. The average molecular weight is 637 g/mol. The Morgan fingerprint density at radius 3 is 1.70 bits per heavy atom. The van der Waals surface area contributed by atoms with E-state index < -0.39 is 0 Å². The van der Waals surface area contributed by atoms with Crippen LogP contribution in [0.1, 0.15) is 16.7 Å². The lowest BCUT2D eigenvalue weighted by molar-refractivity contribution is 1.11. The Morgan fingerprint density at radius 1 is 0.420 bits per heavy atom. The van der Waals surface area contributed by atoms with Crippen molar-refractivity contribution in [2.75, 3.05) is 0 Å². The number of hydrogen-bond donors (Lipinski definition) is 0. The fraction of sp³-hybridized carbons (Fsp3) is 0. The molecule has 0 saturated carbocycles. The Morgan fingerprint density at radius 2 is 1.00 bits per heavy atom. The van der Waals surface area contributed by atoms with E-state index in [9.17, 15) is 15.8 Å². The van der Waals surface area contributed by atoms with Gasteiger partial charge in [-0.25, -0.2) is 4.98 Å². The third-order valence-corrected chi connectivity index (χ3v) is 9.42. The summed E-state index contributed by atoms with van der Waals surface area (Å²) in [6.07, 6.45) is 1.83. The number of rotatable bonds is 4. The molecule has 0 aliphatic carbocycles. The number of nitriles is 3. The number of fused-ring (bicyclic) bond motifs is 6. The highest BCUT2D eigenvalue weighted by Crippen LogP contribution is 2.40. The molecule has 0 unspecified atom stereocenters. The number of nitrogens with zero attached hydrogens (tertiary/aromatic N) is 6. The van der Waals surface area contributed by atoms with Gasteiger partial charge in [-0.15, -0.1) is 0 Å². The highest BCUT2D eigenvalue weighted by atomic mass is 15.1. The molecule has 6 aromatic carbocycles. The molecule has 9 rings (SSSR count). The van der Waals surface area contributed by atoms with Crippen molar-refractivity contribution < 1.29 is 0 Å². The standard InChI is InChI=1S/C44H24N6/c45-25-28-7-5-8-31(19-28)35-9-1-2-10-36(35)32-22-33(24-34(23-32)50-41-13-4-3-11-37(41)38-12-6-18-48-44(38)50)49-42-16-14-29(26-46)20-39(42)40-21-30(27-47)15-17-43(40)49/h1-24H. The summed E-state index contributed by atoms with van der Waals surface area (Å²) in [6.45, 7) is 0. The maximum Gasteiger partial charge on any atom is 0.145 e. The minimum atomic E-state index is 0.554. The lowest BCUT2D eigenvalue weighted by Crippen LogP contribution is -2.01. The second kappa shape index (κ2) is 11.4. The van der Waals surface area contributed by atoms with Crippen LogP contribution in [0.2, 0.25) is 0 Å². The second-order valence-corrected chi connectivity index (χ2v) is 12.2. The quantitative estimate of drug-likeness (QED) is 0.192. The van der Waals surface area contributed by atoms with Gasteiger partial charge in [-0.1, -0.05) is 54.6 Å². The van der Waals surface area contributed by atoms with E-state index in [-0.39, 0.29) is 0 Å². The zero-order chi connectivity index (χ0) is 33.8. The van der Waals surface area contributed by atoms with E-state index in [4.69, 9.17) is 4.98 Å². The van der Waals surface area contributed by atoms with Crippen LogP contribution in [0.4, 0.5) is 0 Å². The zero-order valence-corrected chi connectivity index (χ0v) is 26.5. The molecule has 3 heterocycles. The van der Waals surface area contributed by atoms with Gasteiger partial charge >= 0.3 is 0 Å². The van der Waals surface area contributed by atoms with Crippen molar-refractivity contribution in [3.05, 3.63) is 162 Å². The molecular formula is C44H24N6. The summed E-state index contributed by atoms with van der Waals surface area (Å²) in [6, 6.07) is 53.2. The van der Waals surface area contributed by atoms with E-state index in [1.165, 1.54) is 0 Å². The Labute approximate surface area is 287 Å². The van der Waals surface area contributed by atoms with Crippen molar-refractivity contribution >= 4 is 43.7 Å². The van der Waals surface area contributed by atoms with Gasteiger partial charge in [0.15, 0.2) is 0 Å². The van der Waals surface area contributed by atoms with Crippen molar-refractivity contribution in [2.24, 2.45) is 0 Å². The molecule has 0 N–H and O–H groups in total. The summed E-state index contributed by atoms with van der Waals surface area (Å²) in [7, 11) is 0. The largest absolute Gasteiger partial charge is 0.309 e. The molecule has 0 fully saturated rings. The number of aromatic nitrogens is 3. The molecule has 0 aliphatic heterocycles. The molecule has 0 amide bonds. The van der Waals surface area contributed by atoms with Crippen LogP contribution in [0.15, 0.2) is 146 Å². The van der Waals surface area contributed by atoms with Crippen molar-refractivity contribution in [3.63, 3.8) is 0 Å². The van der Waals surface area contributed by atoms with Gasteiger partial charge in [0, 0.05) is 33.4 Å². The Balaban J connectivity index is 1.41. The maximum atomic E-state index is 9.79. The Kier molecular flexibility index (Phi) is 6.53. The molecule has 6 heteroatoms. The van der Waals surface area contributed by atoms with Crippen LogP contribution >= 0.6 is 0 Å². The van der Waals surface area contributed by atoms with Crippen LogP contribution in [-0.2, 0) is 0 Å². The summed E-state index contributed by atoms with van der Waals surface area (Å²) in [4.78, 5) is 4.88. The molecule has 0 bridgehead atoms. The summed E-state index contributed by atoms with van der Waals surface area (Å²) in [5.74, 6) is 0. The van der Waals surface area contributed by atoms with Gasteiger partial charge in [0.05, 0.1) is 57.1 Å². The topological polar surface area (TPSA) is 94.1 Å². The van der Waals surface area contributed by atoms with Gasteiger partial charge in [0.25, 0.3) is 0 Å². The second-order valence-electron chi connectivity index (χ2n) is 12.2. The lowest BCUT2D eigenvalue weighted by atomic mass is 9.93. The molecule has 50 heavy (non-hydrogen) atoms. The van der Waals surface area contributed by atoms with E-state index in [1.807, 2.05) is 91.1 Å². The van der Waals surface area contributed by atoms with Gasteiger partial charge < -0.3 is 4.57 Å². The van der Waals surface area contributed by atoms with Crippen LogP contribution in [0.25, 0.3) is 77.4 Å². The average Bonchev–Trinajstić information content (AvgIpc) is 3.70. The number of hydrogen-bond acceptors (Lipinski definition) is 4. The first kappa shape index (κ1) is 28.7. The summed E-state index contributed by atoms with van der Waals surface area (Å²) in [5, 5.41) is 33.2. The monoisotopic (exact) mass is 636 g/mol. The van der Waals surface area contributed by atoms with Crippen molar-refractivity contribution in [1.82, 2.24) is 14.1 Å². The molecule has 230 valence electrons. The van der Waals surface area contributed by atoms with E-state index in [2.05, 4.69) is 81.9 Å². The van der Waals surface area contributed by atoms with Crippen LogP contribution in [0, 0.1) is 34.0 Å². The molecule has 0 aliphatic rings. The zero-order valence-electron chi connectivity index (χ0n) is 26.5. The third-order valence-electron chi connectivity index (χ3n) is 9.42. The minimum absolute atomic E-state index is 0.554. The molecule has 0 radical (unpaired) electrons. The van der Waals surface area contributed by atoms with E-state index in [1.54, 1.807) is 0 Å². The minimum Gasteiger partial charge on any atom is -0.309 e. The molecule has 9 aromatic rings. The predicted molar refractivity (Wildman–Crippen MR) is 198 cm³/mol. The first-order valence-corrected chi connectivity index (χ1v) is 16.1. The molecule has 0 saturated heterocycles. The van der Waals surface area contributed by atoms with E-state index in [0.717, 1.165) is 77.4 Å². The lowest BCUT2D eigenvalue weighted by Gasteiger charge is -2.17. The molecule has 0 atom stereocenters. The van der Waals surface area contributed by atoms with Gasteiger partial charge in [0.1, 0.15) is 5.65 Å². The SMILES string of the molecule is N#Cc1cccc(-c2ccccc2-c2cc(-n3c4ccc(C#N)cc4c4cc(C#N)ccc43)cc(-n3c4ccccc4c4cccnc43)c2)c1.